The fourth-order valence-corrected chi connectivity index (χ4v) is 7.64. The Hall–Kier alpha value is -3.27. The van der Waals surface area contributed by atoms with Crippen LogP contribution in [0.4, 0.5) is 21.6 Å². The molecule has 1 aromatic carbocycles. The van der Waals surface area contributed by atoms with Gasteiger partial charge in [0.1, 0.15) is 5.82 Å². The first-order chi connectivity index (χ1) is 18.2. The molecule has 2 aromatic heterocycles. The van der Waals surface area contributed by atoms with Crippen LogP contribution in [0.15, 0.2) is 30.6 Å². The van der Waals surface area contributed by atoms with Crippen LogP contribution in [-0.2, 0) is 20.2 Å². The lowest BCUT2D eigenvalue weighted by molar-refractivity contribution is -0.125. The van der Waals surface area contributed by atoms with Crippen LogP contribution in [0.3, 0.4) is 0 Å². The number of benzene rings is 1. The first kappa shape index (κ1) is 23.8. The van der Waals surface area contributed by atoms with E-state index in [2.05, 4.69) is 26.5 Å². The maximum absolute atomic E-state index is 15.5. The van der Waals surface area contributed by atoms with Crippen LogP contribution < -0.4 is 14.5 Å². The highest BCUT2D eigenvalue weighted by Crippen LogP contribution is 2.55. The molecule has 0 radical (unpaired) electrons. The number of hydrogen-bond acceptors (Lipinski definition) is 6. The van der Waals surface area contributed by atoms with E-state index < -0.39 is 26.5 Å². The summed E-state index contributed by atoms with van der Waals surface area (Å²) >= 11 is 0. The van der Waals surface area contributed by atoms with Crippen LogP contribution in [0.5, 0.6) is 0 Å². The van der Waals surface area contributed by atoms with E-state index >= 15 is 4.39 Å². The lowest BCUT2D eigenvalue weighted by atomic mass is 9.64. The summed E-state index contributed by atoms with van der Waals surface area (Å²) in [5.41, 5.74) is 2.80. The molecule has 1 amide bonds. The third-order valence-electron chi connectivity index (χ3n) is 8.92. The Kier molecular flexibility index (Phi) is 5.09. The molecule has 3 fully saturated rings. The molecule has 0 atom stereocenters. The predicted octanol–water partition coefficient (Wildman–Crippen LogP) is 4.58. The van der Waals surface area contributed by atoms with E-state index in [9.17, 15) is 13.2 Å². The van der Waals surface area contributed by atoms with Gasteiger partial charge in [0.2, 0.25) is 15.9 Å². The highest BCUT2D eigenvalue weighted by atomic mass is 32.2. The molecule has 8 nitrogen and oxygen atoms in total. The van der Waals surface area contributed by atoms with Crippen molar-refractivity contribution >= 4 is 44.0 Å². The normalized spacial score (nSPS) is 20.6. The molecule has 2 saturated carbocycles. The van der Waals surface area contributed by atoms with Crippen LogP contribution in [-0.4, -0.2) is 49.7 Å². The summed E-state index contributed by atoms with van der Waals surface area (Å²) in [5, 5.41) is 0.368. The summed E-state index contributed by atoms with van der Waals surface area (Å²) in [4.78, 5) is 26.0. The molecule has 1 N–H and O–H groups in total. The molecule has 3 aromatic rings. The van der Waals surface area contributed by atoms with Crippen molar-refractivity contribution < 1.29 is 17.6 Å². The second-order valence-electron chi connectivity index (χ2n) is 11.3. The molecule has 198 valence electrons. The van der Waals surface area contributed by atoms with Crippen LogP contribution >= 0.6 is 0 Å². The number of aromatic nitrogens is 2. The molecule has 7 rings (SSSR count). The molecule has 1 spiro atoms. The average Bonchev–Trinajstić information content (AvgIpc) is 3.66. The highest BCUT2D eigenvalue weighted by Gasteiger charge is 2.54. The Morgan fingerprint density at radius 1 is 1.13 bits per heavy atom. The second kappa shape index (κ2) is 8.11. The maximum atomic E-state index is 15.5. The fourth-order valence-electron chi connectivity index (χ4n) is 6.26. The summed E-state index contributed by atoms with van der Waals surface area (Å²) < 4.78 is 44.1. The first-order valence-corrected chi connectivity index (χ1v) is 14.9. The van der Waals surface area contributed by atoms with E-state index in [0.29, 0.717) is 46.9 Å². The van der Waals surface area contributed by atoms with Crippen LogP contribution in [0.2, 0.25) is 0 Å². The largest absolute Gasteiger partial charge is 0.354 e. The highest BCUT2D eigenvalue weighted by molar-refractivity contribution is 7.93. The number of nitrogens with one attached hydrogen (secondary N) is 1. The minimum absolute atomic E-state index is 0.0710. The van der Waals surface area contributed by atoms with Gasteiger partial charge in [-0.15, -0.1) is 0 Å². The van der Waals surface area contributed by atoms with E-state index in [1.165, 1.54) is 6.07 Å². The zero-order valence-electron chi connectivity index (χ0n) is 21.5. The van der Waals surface area contributed by atoms with Crippen molar-refractivity contribution in [3.05, 3.63) is 42.0 Å². The van der Waals surface area contributed by atoms with Crippen LogP contribution in [0, 0.1) is 11.7 Å². The molecule has 1 saturated heterocycles. The summed E-state index contributed by atoms with van der Waals surface area (Å²) in [7, 11) is -1.77. The number of pyridine rings is 2. The number of nitrogens with zero attached hydrogens (tertiary/aromatic N) is 4. The fraction of sp³-hybridized carbons (Fsp3) is 0.464. The summed E-state index contributed by atoms with van der Waals surface area (Å²) in [6, 6.07) is 4.86. The van der Waals surface area contributed by atoms with Crippen molar-refractivity contribution in [3.8, 4) is 11.1 Å². The van der Waals surface area contributed by atoms with Gasteiger partial charge < -0.3 is 9.80 Å². The molecule has 38 heavy (non-hydrogen) atoms. The lowest BCUT2D eigenvalue weighted by Crippen LogP contribution is -2.47. The number of anilines is 3. The predicted molar refractivity (Wildman–Crippen MR) is 145 cm³/mol. The third-order valence-corrected chi connectivity index (χ3v) is 10.8. The minimum Gasteiger partial charge on any atom is -0.354 e. The number of carbonyl (C=O) groups excluding carboxylic acids is 1. The Bertz CT molecular complexity index is 1610. The van der Waals surface area contributed by atoms with E-state index in [1.807, 2.05) is 0 Å². The Labute approximate surface area is 221 Å². The first-order valence-electron chi connectivity index (χ1n) is 13.4. The van der Waals surface area contributed by atoms with Crippen molar-refractivity contribution in [1.29, 1.82) is 0 Å². The van der Waals surface area contributed by atoms with Crippen molar-refractivity contribution in [3.63, 3.8) is 0 Å². The standard InChI is InChI=1S/C28H30FN5O3S/c1-3-16-14-34(15-16)26-23(32-38(36,37)18-5-6-18)9-17(12-31-26)19-10-20-22(11-21(19)29)30-13-24-25(20)28(7-4-8-28)27(35)33(24)2/h9-13,16,18,32H,3-8,14-15H2,1-2H3. The quantitative estimate of drug-likeness (QED) is 0.496. The molecule has 0 unspecified atom stereocenters. The summed E-state index contributed by atoms with van der Waals surface area (Å²) in [6.45, 7) is 3.77. The SMILES string of the molecule is CCC1CN(c2ncc(-c3cc4c5c(cnc4cc3F)N(C)C(=O)C53CCC3)cc2NS(=O)(=O)C2CC2)C1. The van der Waals surface area contributed by atoms with Crippen molar-refractivity contribution in [2.45, 2.75) is 56.1 Å². The number of hydrogen-bond donors (Lipinski definition) is 1. The van der Waals surface area contributed by atoms with Gasteiger partial charge in [-0.05, 0) is 50.2 Å². The molecule has 4 aliphatic rings. The van der Waals surface area contributed by atoms with Gasteiger partial charge in [-0.25, -0.2) is 17.8 Å². The smallest absolute Gasteiger partial charge is 0.237 e. The Morgan fingerprint density at radius 3 is 2.55 bits per heavy atom. The number of sulfonamides is 1. The zero-order chi connectivity index (χ0) is 26.4. The van der Waals surface area contributed by atoms with Gasteiger partial charge in [0, 0.05) is 54.5 Å². The number of amides is 1. The van der Waals surface area contributed by atoms with E-state index in [1.54, 1.807) is 36.5 Å². The molecular formula is C28H30FN5O3S. The van der Waals surface area contributed by atoms with Gasteiger partial charge in [0.25, 0.3) is 0 Å². The molecular weight excluding hydrogens is 505 g/mol. The van der Waals surface area contributed by atoms with Gasteiger partial charge >= 0.3 is 0 Å². The molecule has 2 aliphatic carbocycles. The number of likely N-dealkylation sites (N-methyl/N-ethyl adjacent to an activating group) is 1. The maximum Gasteiger partial charge on any atom is 0.237 e. The van der Waals surface area contributed by atoms with Gasteiger partial charge in [0.15, 0.2) is 5.82 Å². The van der Waals surface area contributed by atoms with E-state index in [4.69, 9.17) is 0 Å². The summed E-state index contributed by atoms with van der Waals surface area (Å²) in [6.07, 6.45) is 8.14. The topological polar surface area (TPSA) is 95.5 Å². The van der Waals surface area contributed by atoms with Gasteiger partial charge in [0.05, 0.1) is 33.8 Å². The lowest BCUT2D eigenvalue weighted by Gasteiger charge is -2.40. The monoisotopic (exact) mass is 535 g/mol. The average molecular weight is 536 g/mol. The van der Waals surface area contributed by atoms with Gasteiger partial charge in [-0.1, -0.05) is 13.3 Å². The molecule has 10 heteroatoms. The third kappa shape index (κ3) is 3.38. The van der Waals surface area contributed by atoms with Crippen LogP contribution in [0.25, 0.3) is 22.0 Å². The number of fused-ring (bicyclic) bond motifs is 4. The summed E-state index contributed by atoms with van der Waals surface area (Å²) in [5.74, 6) is 0.733. The van der Waals surface area contributed by atoms with Gasteiger partial charge in [-0.3, -0.25) is 14.5 Å². The number of halogens is 1. The molecule has 2 aliphatic heterocycles. The zero-order valence-corrected chi connectivity index (χ0v) is 22.3. The van der Waals surface area contributed by atoms with Crippen molar-refractivity contribution in [2.24, 2.45) is 5.92 Å². The van der Waals surface area contributed by atoms with Gasteiger partial charge in [-0.2, -0.15) is 0 Å². The van der Waals surface area contributed by atoms with Crippen molar-refractivity contribution in [2.75, 3.05) is 34.7 Å². The van der Waals surface area contributed by atoms with E-state index in [-0.39, 0.29) is 5.91 Å². The minimum atomic E-state index is -3.54. The van der Waals surface area contributed by atoms with Crippen LogP contribution in [0.1, 0.15) is 51.0 Å². The number of carbonyl (C=O) groups is 1. The Balaban J connectivity index is 1.36. The van der Waals surface area contributed by atoms with Crippen molar-refractivity contribution in [1.82, 2.24) is 9.97 Å². The molecule has 4 heterocycles. The second-order valence-corrected chi connectivity index (χ2v) is 13.2. The Morgan fingerprint density at radius 2 is 1.89 bits per heavy atom. The molecule has 0 bridgehead atoms. The van der Waals surface area contributed by atoms with E-state index in [0.717, 1.165) is 55.4 Å². The number of rotatable bonds is 6.